The lowest BCUT2D eigenvalue weighted by Gasteiger charge is -2.31. The standard InChI is InChI=1S/C18H25N5OS/c24-18(19-17-6-3-11-25-17)22-9-7-14(8-10-22)12-23-13-16(20-21-23)15-4-1-2-5-15/h3,6,11,13-15H,1-2,4-5,7-10,12H2,(H,19,24). The number of nitrogens with zero attached hydrogens (tertiary/aromatic N) is 4. The van der Waals surface area contributed by atoms with Crippen molar-refractivity contribution < 1.29 is 4.79 Å². The van der Waals surface area contributed by atoms with Gasteiger partial charge in [-0.05, 0) is 49.1 Å². The molecule has 2 aromatic rings. The summed E-state index contributed by atoms with van der Waals surface area (Å²) in [5.41, 5.74) is 1.17. The van der Waals surface area contributed by atoms with Crippen LogP contribution in [0.1, 0.15) is 50.1 Å². The second-order valence-corrected chi connectivity index (χ2v) is 8.13. The Kier molecular flexibility index (Phi) is 5.01. The first-order valence-electron chi connectivity index (χ1n) is 9.27. The minimum atomic E-state index is 0.0187. The van der Waals surface area contributed by atoms with E-state index in [4.69, 9.17) is 0 Å². The molecule has 2 aliphatic rings. The first kappa shape index (κ1) is 16.6. The molecule has 0 atom stereocenters. The lowest BCUT2D eigenvalue weighted by molar-refractivity contribution is 0.175. The highest BCUT2D eigenvalue weighted by Crippen LogP contribution is 2.32. The molecule has 1 N–H and O–H groups in total. The van der Waals surface area contributed by atoms with Gasteiger partial charge in [0.2, 0.25) is 0 Å². The van der Waals surface area contributed by atoms with Gasteiger partial charge in [0.1, 0.15) is 0 Å². The van der Waals surface area contributed by atoms with Crippen molar-refractivity contribution in [3.63, 3.8) is 0 Å². The highest BCUT2D eigenvalue weighted by molar-refractivity contribution is 7.14. The Morgan fingerprint density at radius 2 is 2.04 bits per heavy atom. The molecule has 1 aliphatic heterocycles. The van der Waals surface area contributed by atoms with Crippen LogP contribution >= 0.6 is 11.3 Å². The molecule has 0 unspecified atom stereocenters. The molecule has 0 bridgehead atoms. The number of hydrogen-bond acceptors (Lipinski definition) is 4. The lowest BCUT2D eigenvalue weighted by Crippen LogP contribution is -2.41. The quantitative estimate of drug-likeness (QED) is 0.899. The van der Waals surface area contributed by atoms with E-state index in [1.54, 1.807) is 11.3 Å². The summed E-state index contributed by atoms with van der Waals surface area (Å²) in [6, 6.07) is 3.90. The topological polar surface area (TPSA) is 63.1 Å². The van der Waals surface area contributed by atoms with Crippen LogP contribution in [0.25, 0.3) is 0 Å². The van der Waals surface area contributed by atoms with E-state index in [0.717, 1.165) is 37.5 Å². The maximum absolute atomic E-state index is 12.3. The Morgan fingerprint density at radius 1 is 1.24 bits per heavy atom. The number of thiophene rings is 1. The third kappa shape index (κ3) is 4.03. The summed E-state index contributed by atoms with van der Waals surface area (Å²) in [5.74, 6) is 1.19. The fourth-order valence-corrected chi connectivity index (χ4v) is 4.54. The monoisotopic (exact) mass is 359 g/mol. The third-order valence-corrected chi connectivity index (χ3v) is 6.21. The average Bonchev–Trinajstić information content (AvgIpc) is 3.38. The van der Waals surface area contributed by atoms with E-state index in [2.05, 4.69) is 21.8 Å². The first-order valence-corrected chi connectivity index (χ1v) is 10.2. The number of rotatable bonds is 4. The number of carbonyl (C=O) groups is 1. The van der Waals surface area contributed by atoms with Crippen molar-refractivity contribution in [2.45, 2.75) is 51.0 Å². The van der Waals surface area contributed by atoms with Gasteiger partial charge in [-0.2, -0.15) is 0 Å². The summed E-state index contributed by atoms with van der Waals surface area (Å²) in [6.45, 7) is 2.54. The van der Waals surface area contributed by atoms with Crippen LogP contribution in [0, 0.1) is 5.92 Å². The smallest absolute Gasteiger partial charge is 0.322 e. The van der Waals surface area contributed by atoms with Crippen LogP contribution in [0.3, 0.4) is 0 Å². The van der Waals surface area contributed by atoms with Crippen LogP contribution in [0.15, 0.2) is 23.7 Å². The van der Waals surface area contributed by atoms with Crippen molar-refractivity contribution in [1.29, 1.82) is 0 Å². The van der Waals surface area contributed by atoms with Crippen LogP contribution in [0.4, 0.5) is 9.80 Å². The molecule has 1 saturated heterocycles. The highest BCUT2D eigenvalue weighted by Gasteiger charge is 2.24. The molecule has 1 saturated carbocycles. The molecule has 7 heteroatoms. The molecule has 2 fully saturated rings. The molecule has 0 spiro atoms. The van der Waals surface area contributed by atoms with Crippen molar-refractivity contribution in [2.75, 3.05) is 18.4 Å². The van der Waals surface area contributed by atoms with Gasteiger partial charge in [0, 0.05) is 31.7 Å². The van der Waals surface area contributed by atoms with E-state index in [-0.39, 0.29) is 6.03 Å². The second-order valence-electron chi connectivity index (χ2n) is 7.18. The summed E-state index contributed by atoms with van der Waals surface area (Å²) >= 11 is 1.55. The number of hydrogen-bond donors (Lipinski definition) is 1. The van der Waals surface area contributed by atoms with Gasteiger partial charge in [-0.25, -0.2) is 4.79 Å². The molecule has 4 rings (SSSR count). The van der Waals surface area contributed by atoms with Crippen molar-refractivity contribution in [1.82, 2.24) is 19.9 Å². The molecular formula is C18H25N5OS. The van der Waals surface area contributed by atoms with Crippen LogP contribution < -0.4 is 5.32 Å². The van der Waals surface area contributed by atoms with Gasteiger partial charge in [0.25, 0.3) is 0 Å². The Morgan fingerprint density at radius 3 is 2.76 bits per heavy atom. The molecule has 2 amide bonds. The van der Waals surface area contributed by atoms with E-state index < -0.39 is 0 Å². The fourth-order valence-electron chi connectivity index (χ4n) is 3.93. The Hall–Kier alpha value is -1.89. The zero-order chi connectivity index (χ0) is 17.1. The van der Waals surface area contributed by atoms with Crippen LogP contribution in [-0.2, 0) is 6.54 Å². The minimum absolute atomic E-state index is 0.0187. The molecule has 134 valence electrons. The van der Waals surface area contributed by atoms with Gasteiger partial charge in [-0.1, -0.05) is 18.1 Å². The molecule has 25 heavy (non-hydrogen) atoms. The predicted molar refractivity (Wildman–Crippen MR) is 98.9 cm³/mol. The average molecular weight is 359 g/mol. The van der Waals surface area contributed by atoms with E-state index in [0.29, 0.717) is 11.8 Å². The van der Waals surface area contributed by atoms with Crippen molar-refractivity contribution in [3.8, 4) is 0 Å². The molecular weight excluding hydrogens is 334 g/mol. The van der Waals surface area contributed by atoms with Crippen molar-refractivity contribution >= 4 is 22.4 Å². The molecule has 1 aliphatic carbocycles. The molecule has 0 aromatic carbocycles. The molecule has 6 nitrogen and oxygen atoms in total. The number of urea groups is 1. The van der Waals surface area contributed by atoms with Gasteiger partial charge in [-0.15, -0.1) is 16.4 Å². The predicted octanol–water partition coefficient (Wildman–Crippen LogP) is 3.94. The Balaban J connectivity index is 1.25. The number of aromatic nitrogens is 3. The maximum Gasteiger partial charge on any atom is 0.322 e. The van der Waals surface area contributed by atoms with Gasteiger partial charge in [0.05, 0.1) is 10.7 Å². The summed E-state index contributed by atoms with van der Waals surface area (Å²) in [7, 11) is 0. The normalized spacial score (nSPS) is 19.4. The number of amides is 2. The number of nitrogens with one attached hydrogen (secondary N) is 1. The molecule has 3 heterocycles. The largest absolute Gasteiger partial charge is 0.324 e. The number of likely N-dealkylation sites (tertiary alicyclic amines) is 1. The molecule has 2 aromatic heterocycles. The number of piperidine rings is 1. The van der Waals surface area contributed by atoms with Crippen LogP contribution in [0.5, 0.6) is 0 Å². The van der Waals surface area contributed by atoms with Gasteiger partial charge < -0.3 is 4.90 Å². The van der Waals surface area contributed by atoms with Gasteiger partial charge in [0.15, 0.2) is 0 Å². The minimum Gasteiger partial charge on any atom is -0.324 e. The zero-order valence-corrected chi connectivity index (χ0v) is 15.2. The van der Waals surface area contributed by atoms with E-state index in [1.807, 2.05) is 27.1 Å². The molecule has 0 radical (unpaired) electrons. The van der Waals surface area contributed by atoms with Gasteiger partial charge >= 0.3 is 6.03 Å². The van der Waals surface area contributed by atoms with E-state index >= 15 is 0 Å². The Labute approximate surface area is 152 Å². The first-order chi connectivity index (χ1) is 12.3. The fraction of sp³-hybridized carbons (Fsp3) is 0.611. The summed E-state index contributed by atoms with van der Waals surface area (Å²) in [6.07, 6.45) is 9.36. The van der Waals surface area contributed by atoms with Crippen molar-refractivity contribution in [2.24, 2.45) is 5.92 Å². The lowest BCUT2D eigenvalue weighted by atomic mass is 9.97. The second kappa shape index (κ2) is 7.56. The van der Waals surface area contributed by atoms with Gasteiger partial charge in [-0.3, -0.25) is 10.00 Å². The third-order valence-electron chi connectivity index (χ3n) is 5.43. The highest BCUT2D eigenvalue weighted by atomic mass is 32.1. The summed E-state index contributed by atoms with van der Waals surface area (Å²) < 4.78 is 2.01. The number of anilines is 1. The Bertz CT molecular complexity index is 684. The van der Waals surface area contributed by atoms with E-state index in [9.17, 15) is 4.79 Å². The SMILES string of the molecule is O=C(Nc1cccs1)N1CCC(Cn2cc(C3CCCC3)nn2)CC1. The van der Waals surface area contributed by atoms with E-state index in [1.165, 1.54) is 31.4 Å². The van der Waals surface area contributed by atoms with Crippen LogP contribution in [-0.4, -0.2) is 39.0 Å². The van der Waals surface area contributed by atoms with Crippen molar-refractivity contribution in [3.05, 3.63) is 29.4 Å². The number of carbonyl (C=O) groups excluding carboxylic acids is 1. The summed E-state index contributed by atoms with van der Waals surface area (Å²) in [4.78, 5) is 14.2. The summed E-state index contributed by atoms with van der Waals surface area (Å²) in [5, 5.41) is 14.6. The zero-order valence-electron chi connectivity index (χ0n) is 14.4. The van der Waals surface area contributed by atoms with Crippen LogP contribution in [0.2, 0.25) is 0 Å². The maximum atomic E-state index is 12.3.